The van der Waals surface area contributed by atoms with Gasteiger partial charge in [-0.1, -0.05) is 66.7 Å². The van der Waals surface area contributed by atoms with Gasteiger partial charge in [0.1, 0.15) is 0 Å². The Bertz CT molecular complexity index is 883. The molecule has 1 heterocycles. The minimum absolute atomic E-state index is 0.107. The molecule has 2 heteroatoms. The second kappa shape index (κ2) is 6.56. The number of hydrogen-bond acceptors (Lipinski definition) is 2. The molecule has 3 aromatic carbocycles. The van der Waals surface area contributed by atoms with E-state index in [0.29, 0.717) is 0 Å². The minimum atomic E-state index is 0.107. The predicted molar refractivity (Wildman–Crippen MR) is 102 cm³/mol. The summed E-state index contributed by atoms with van der Waals surface area (Å²) in [6.07, 6.45) is 1.05. The van der Waals surface area contributed by atoms with Crippen LogP contribution in [0, 0.1) is 0 Å². The van der Waals surface area contributed by atoms with E-state index in [4.69, 9.17) is 0 Å². The van der Waals surface area contributed by atoms with Crippen LogP contribution >= 0.6 is 0 Å². The van der Waals surface area contributed by atoms with E-state index < -0.39 is 0 Å². The molecule has 0 radical (unpaired) electrons. The van der Waals surface area contributed by atoms with Crippen molar-refractivity contribution in [1.82, 2.24) is 0 Å². The summed E-state index contributed by atoms with van der Waals surface area (Å²) < 4.78 is 0. The largest absolute Gasteiger partial charge is 0.360 e. The zero-order valence-electron chi connectivity index (χ0n) is 14.4. The Hall–Kier alpha value is -2.87. The summed E-state index contributed by atoms with van der Waals surface area (Å²) in [5, 5.41) is 0. The van der Waals surface area contributed by atoms with E-state index in [1.165, 1.54) is 22.4 Å². The smallest absolute Gasteiger partial charge is 0.159 e. The lowest BCUT2D eigenvalue weighted by Gasteiger charge is -2.39. The first kappa shape index (κ1) is 15.6. The molecule has 0 amide bonds. The number of fused-ring (bicyclic) bond motifs is 1. The number of Topliss-reactive ketones (excluding diaryl/α,β-unsaturated/α-hetero) is 1. The highest BCUT2D eigenvalue weighted by atomic mass is 16.1. The van der Waals surface area contributed by atoms with E-state index in [0.717, 1.165) is 18.5 Å². The number of nitrogens with zero attached hydrogens (tertiary/aromatic N) is 1. The van der Waals surface area contributed by atoms with Crippen molar-refractivity contribution >= 4 is 11.5 Å². The normalized spacial score (nSPS) is 16.4. The number of rotatable bonds is 3. The molecule has 25 heavy (non-hydrogen) atoms. The van der Waals surface area contributed by atoms with Gasteiger partial charge >= 0.3 is 0 Å². The molecule has 0 spiro atoms. The van der Waals surface area contributed by atoms with Crippen LogP contribution in [0.3, 0.4) is 0 Å². The summed E-state index contributed by atoms with van der Waals surface area (Å²) in [4.78, 5) is 14.1. The van der Waals surface area contributed by atoms with E-state index in [1.807, 2.05) is 12.1 Å². The van der Waals surface area contributed by atoms with Crippen LogP contribution in [0.15, 0.2) is 78.9 Å². The molecule has 1 atom stereocenters. The number of carbonyl (C=O) groups excluding carboxylic acids is 1. The molecule has 0 bridgehead atoms. The van der Waals surface area contributed by atoms with Crippen LogP contribution in [-0.2, 0) is 6.42 Å². The third-order valence-electron chi connectivity index (χ3n) is 5.00. The van der Waals surface area contributed by atoms with Crippen molar-refractivity contribution in [1.29, 1.82) is 0 Å². The van der Waals surface area contributed by atoms with E-state index in [2.05, 4.69) is 71.6 Å². The van der Waals surface area contributed by atoms with E-state index in [-0.39, 0.29) is 11.8 Å². The lowest BCUT2D eigenvalue weighted by molar-refractivity contribution is 0.101. The van der Waals surface area contributed by atoms with Gasteiger partial charge in [0.15, 0.2) is 5.78 Å². The van der Waals surface area contributed by atoms with Crippen LogP contribution in [-0.4, -0.2) is 12.3 Å². The Balaban J connectivity index is 1.82. The Morgan fingerprint density at radius 3 is 2.28 bits per heavy atom. The molecule has 0 saturated carbocycles. The zero-order chi connectivity index (χ0) is 17.2. The van der Waals surface area contributed by atoms with Crippen LogP contribution < -0.4 is 4.90 Å². The second-order valence-electron chi connectivity index (χ2n) is 6.56. The summed E-state index contributed by atoms with van der Waals surface area (Å²) in [5.41, 5.74) is 5.99. The molecule has 0 aliphatic carbocycles. The first-order valence-corrected chi connectivity index (χ1v) is 8.74. The number of hydrogen-bond donors (Lipinski definition) is 0. The van der Waals surface area contributed by atoms with Gasteiger partial charge in [0.25, 0.3) is 0 Å². The van der Waals surface area contributed by atoms with E-state index in [9.17, 15) is 4.79 Å². The third-order valence-corrected chi connectivity index (χ3v) is 5.00. The highest BCUT2D eigenvalue weighted by Gasteiger charge is 2.28. The van der Waals surface area contributed by atoms with Gasteiger partial charge in [-0.25, -0.2) is 0 Å². The lowest BCUT2D eigenvalue weighted by atomic mass is 9.87. The predicted octanol–water partition coefficient (Wildman–Crippen LogP) is 5.04. The summed E-state index contributed by atoms with van der Waals surface area (Å²) in [6, 6.07) is 27.5. The van der Waals surface area contributed by atoms with E-state index >= 15 is 0 Å². The third kappa shape index (κ3) is 2.96. The molecule has 1 unspecified atom stereocenters. The van der Waals surface area contributed by atoms with Crippen molar-refractivity contribution in [2.45, 2.75) is 19.4 Å². The van der Waals surface area contributed by atoms with Gasteiger partial charge in [0, 0.05) is 17.8 Å². The topological polar surface area (TPSA) is 20.3 Å². The SMILES string of the molecule is CC(=O)c1ccc(C2c3ccccc3CCN2c2ccccc2)cc1. The van der Waals surface area contributed by atoms with Crippen LogP contribution in [0.5, 0.6) is 0 Å². The molecule has 124 valence electrons. The maximum Gasteiger partial charge on any atom is 0.159 e. The second-order valence-corrected chi connectivity index (χ2v) is 6.56. The molecule has 0 saturated heterocycles. The first-order valence-electron chi connectivity index (χ1n) is 8.74. The fourth-order valence-corrected chi connectivity index (χ4v) is 3.72. The maximum absolute atomic E-state index is 11.6. The maximum atomic E-state index is 11.6. The quantitative estimate of drug-likeness (QED) is 0.628. The monoisotopic (exact) mass is 327 g/mol. The summed E-state index contributed by atoms with van der Waals surface area (Å²) >= 11 is 0. The standard InChI is InChI=1S/C23H21NO/c1-17(25)18-11-13-20(14-12-18)23-22-10-6-5-7-19(22)15-16-24(23)21-8-3-2-4-9-21/h2-14,23H,15-16H2,1H3. The summed E-state index contributed by atoms with van der Waals surface area (Å²) in [5.74, 6) is 0.107. The van der Waals surface area contributed by atoms with Crippen molar-refractivity contribution in [3.8, 4) is 0 Å². The Morgan fingerprint density at radius 1 is 0.880 bits per heavy atom. The summed E-state index contributed by atoms with van der Waals surface area (Å²) in [6.45, 7) is 2.60. The zero-order valence-corrected chi connectivity index (χ0v) is 14.4. The van der Waals surface area contributed by atoms with E-state index in [1.54, 1.807) is 6.92 Å². The number of benzene rings is 3. The minimum Gasteiger partial charge on any atom is -0.360 e. The molecule has 4 rings (SSSR count). The number of anilines is 1. The van der Waals surface area contributed by atoms with Crippen molar-refractivity contribution in [2.75, 3.05) is 11.4 Å². The molecule has 0 aromatic heterocycles. The van der Waals surface area contributed by atoms with Crippen LogP contribution in [0.4, 0.5) is 5.69 Å². The average Bonchev–Trinajstić information content (AvgIpc) is 2.68. The van der Waals surface area contributed by atoms with Crippen LogP contribution in [0.2, 0.25) is 0 Å². The number of carbonyl (C=O) groups is 1. The fraction of sp³-hybridized carbons (Fsp3) is 0.174. The van der Waals surface area contributed by atoms with Crippen LogP contribution in [0.1, 0.15) is 40.0 Å². The molecule has 1 aliphatic heterocycles. The van der Waals surface area contributed by atoms with Gasteiger partial charge in [-0.3, -0.25) is 4.79 Å². The van der Waals surface area contributed by atoms with Crippen molar-refractivity contribution < 1.29 is 4.79 Å². The highest BCUT2D eigenvalue weighted by Crippen LogP contribution is 2.38. The lowest BCUT2D eigenvalue weighted by Crippen LogP contribution is -2.36. The van der Waals surface area contributed by atoms with Gasteiger partial charge in [-0.15, -0.1) is 0 Å². The van der Waals surface area contributed by atoms with Gasteiger partial charge in [-0.2, -0.15) is 0 Å². The van der Waals surface area contributed by atoms with Crippen molar-refractivity contribution in [3.63, 3.8) is 0 Å². The Morgan fingerprint density at radius 2 is 1.56 bits per heavy atom. The number of ketones is 1. The molecular weight excluding hydrogens is 306 g/mol. The Kier molecular flexibility index (Phi) is 4.10. The van der Waals surface area contributed by atoms with Gasteiger partial charge in [-0.05, 0) is 42.2 Å². The molecule has 2 nitrogen and oxygen atoms in total. The molecule has 0 N–H and O–H groups in total. The molecule has 0 fully saturated rings. The van der Waals surface area contributed by atoms with Gasteiger partial charge in [0.2, 0.25) is 0 Å². The Labute approximate surface area is 148 Å². The molecular formula is C23H21NO. The molecule has 1 aliphatic rings. The van der Waals surface area contributed by atoms with Crippen molar-refractivity contribution in [3.05, 3.63) is 101 Å². The van der Waals surface area contributed by atoms with Crippen LogP contribution in [0.25, 0.3) is 0 Å². The first-order chi connectivity index (χ1) is 12.2. The van der Waals surface area contributed by atoms with Crippen molar-refractivity contribution in [2.24, 2.45) is 0 Å². The average molecular weight is 327 g/mol. The molecule has 3 aromatic rings. The summed E-state index contributed by atoms with van der Waals surface area (Å²) in [7, 11) is 0. The van der Waals surface area contributed by atoms with Gasteiger partial charge in [0.05, 0.1) is 6.04 Å². The van der Waals surface area contributed by atoms with Gasteiger partial charge < -0.3 is 4.90 Å². The fourth-order valence-electron chi connectivity index (χ4n) is 3.72. The number of para-hydroxylation sites is 1. The highest BCUT2D eigenvalue weighted by molar-refractivity contribution is 5.94.